The van der Waals surface area contributed by atoms with Crippen LogP contribution >= 0.6 is 0 Å². The van der Waals surface area contributed by atoms with E-state index in [4.69, 9.17) is 9.47 Å². The van der Waals surface area contributed by atoms with E-state index in [1.807, 2.05) is 16.7 Å². The monoisotopic (exact) mass is 566 g/mol. The maximum Gasteiger partial charge on any atom is 0.123 e. The van der Waals surface area contributed by atoms with Gasteiger partial charge < -0.3 is 9.47 Å². The summed E-state index contributed by atoms with van der Waals surface area (Å²) in [7, 11) is 0. The van der Waals surface area contributed by atoms with Gasteiger partial charge in [-0.1, -0.05) is 6.07 Å². The van der Waals surface area contributed by atoms with Crippen LogP contribution in [0.25, 0.3) is 0 Å². The van der Waals surface area contributed by atoms with Crippen LogP contribution in [0.2, 0.25) is 0 Å². The smallest absolute Gasteiger partial charge is 0.123 e. The highest BCUT2D eigenvalue weighted by Gasteiger charge is 2.61. The van der Waals surface area contributed by atoms with Crippen LogP contribution in [-0.2, 0) is 21.0 Å². The Bertz CT molecular complexity index is 1210. The predicted octanol–water partition coefficient (Wildman–Crippen LogP) is 9.26. The maximum absolute atomic E-state index is 7.11. The van der Waals surface area contributed by atoms with E-state index in [2.05, 4.69) is 19.1 Å². The van der Waals surface area contributed by atoms with Crippen molar-refractivity contribution >= 4 is 0 Å². The van der Waals surface area contributed by atoms with Crippen LogP contribution in [0.15, 0.2) is 12.1 Å². The molecule has 14 rings (SSSR count). The number of hydrogen-bond donors (Lipinski definition) is 0. The Hall–Kier alpha value is -1.02. The minimum absolute atomic E-state index is 0.0574. The standard InChI is InChI=1S/C40H54O2/c1-37(23-42-37)22-41-34-3-2-33(38-13-24-4-25(14-38)6-26(5-24)15-38)35(39-16-27-7-28(17-39)9-29(8-27)18-39)36(34)40-19-30-10-31(20-40)12-32(11-30)21-40/h2-3,24-32H,4-23H2,1H3. The van der Waals surface area contributed by atoms with Crippen LogP contribution in [-0.4, -0.2) is 18.8 Å². The number of benzene rings is 1. The molecule has 0 spiro atoms. The van der Waals surface area contributed by atoms with Crippen molar-refractivity contribution in [1.82, 2.24) is 0 Å². The highest BCUT2D eigenvalue weighted by atomic mass is 16.6. The van der Waals surface area contributed by atoms with E-state index in [1.165, 1.54) is 82.8 Å². The summed E-state index contributed by atoms with van der Waals surface area (Å²) in [6, 6.07) is 5.30. The molecule has 13 aliphatic rings. The molecule has 0 aromatic heterocycles. The largest absolute Gasteiger partial charge is 0.490 e. The van der Waals surface area contributed by atoms with Gasteiger partial charge in [0.2, 0.25) is 0 Å². The van der Waals surface area contributed by atoms with Gasteiger partial charge in [0.15, 0.2) is 0 Å². The van der Waals surface area contributed by atoms with E-state index in [0.717, 1.165) is 66.5 Å². The van der Waals surface area contributed by atoms with Gasteiger partial charge in [0.05, 0.1) is 6.61 Å². The number of epoxide rings is 1. The Kier molecular flexibility index (Phi) is 4.93. The van der Waals surface area contributed by atoms with Gasteiger partial charge in [0.1, 0.15) is 18.0 Å². The average molecular weight is 567 g/mol. The second kappa shape index (κ2) is 8.22. The SMILES string of the molecule is CC1(COc2ccc(C34CC5CC(CC(C5)C3)C4)c(C34CC5CC(CC(C5)C3)C4)c2C23CC4CC(CC(C4)C2)C3)CO1. The van der Waals surface area contributed by atoms with Gasteiger partial charge in [0.25, 0.3) is 0 Å². The van der Waals surface area contributed by atoms with Crippen molar-refractivity contribution < 1.29 is 9.47 Å². The predicted molar refractivity (Wildman–Crippen MR) is 166 cm³/mol. The normalized spacial score (nSPS) is 55.5. The van der Waals surface area contributed by atoms with Gasteiger partial charge in [-0.3, -0.25) is 0 Å². The van der Waals surface area contributed by atoms with E-state index in [-0.39, 0.29) is 5.60 Å². The van der Waals surface area contributed by atoms with Crippen molar-refractivity contribution in [3.05, 3.63) is 28.8 Å². The van der Waals surface area contributed by atoms with Crippen molar-refractivity contribution in [3.63, 3.8) is 0 Å². The summed E-state index contributed by atoms with van der Waals surface area (Å²) in [6.07, 6.45) is 27.3. The van der Waals surface area contributed by atoms with Gasteiger partial charge in [-0.05, 0) is 204 Å². The molecule has 2 heteroatoms. The quantitative estimate of drug-likeness (QED) is 0.320. The molecule has 2 nitrogen and oxygen atoms in total. The molecule has 1 aromatic carbocycles. The Morgan fingerprint density at radius 3 is 1.29 bits per heavy atom. The van der Waals surface area contributed by atoms with Crippen LogP contribution in [0.4, 0.5) is 0 Å². The minimum Gasteiger partial charge on any atom is -0.490 e. The molecule has 1 atom stereocenters. The molecular weight excluding hydrogens is 512 g/mol. The van der Waals surface area contributed by atoms with Crippen molar-refractivity contribution in [3.8, 4) is 5.75 Å². The molecule has 1 aliphatic heterocycles. The Morgan fingerprint density at radius 2 is 0.905 bits per heavy atom. The molecule has 0 radical (unpaired) electrons. The van der Waals surface area contributed by atoms with Crippen molar-refractivity contribution in [2.75, 3.05) is 13.2 Å². The fourth-order valence-electron chi connectivity index (χ4n) is 15.9. The molecule has 1 heterocycles. The first-order chi connectivity index (χ1) is 20.4. The van der Waals surface area contributed by atoms with Crippen LogP contribution in [0.3, 0.4) is 0 Å². The second-order valence-corrected chi connectivity index (χ2v) is 19.5. The van der Waals surface area contributed by atoms with Crippen LogP contribution in [0, 0.1) is 53.3 Å². The van der Waals surface area contributed by atoms with E-state index >= 15 is 0 Å². The number of ether oxygens (including phenoxy) is 2. The maximum atomic E-state index is 7.11. The highest BCUT2D eigenvalue weighted by molar-refractivity contribution is 5.58. The van der Waals surface area contributed by atoms with Crippen LogP contribution in [0.5, 0.6) is 5.75 Å². The lowest BCUT2D eigenvalue weighted by molar-refractivity contribution is -0.0251. The van der Waals surface area contributed by atoms with Crippen molar-refractivity contribution in [1.29, 1.82) is 0 Å². The first kappa shape index (κ1) is 25.2. The van der Waals surface area contributed by atoms with Gasteiger partial charge in [-0.2, -0.15) is 0 Å². The highest BCUT2D eigenvalue weighted by Crippen LogP contribution is 2.70. The third-order valence-corrected chi connectivity index (χ3v) is 16.1. The molecule has 0 N–H and O–H groups in total. The van der Waals surface area contributed by atoms with E-state index in [9.17, 15) is 0 Å². The third kappa shape index (κ3) is 3.54. The molecular formula is C40H54O2. The lowest BCUT2D eigenvalue weighted by Crippen LogP contribution is -2.55. The molecule has 12 bridgehead atoms. The first-order valence-electron chi connectivity index (χ1n) is 18.8. The summed E-state index contributed by atoms with van der Waals surface area (Å²) < 4.78 is 13.0. The van der Waals surface area contributed by atoms with E-state index in [1.54, 1.807) is 38.5 Å². The molecule has 0 amide bonds. The Labute approximate surface area is 254 Å². The molecule has 13 fully saturated rings. The van der Waals surface area contributed by atoms with Crippen molar-refractivity contribution in [2.45, 2.75) is 144 Å². The van der Waals surface area contributed by atoms with Crippen LogP contribution < -0.4 is 4.74 Å². The Morgan fingerprint density at radius 1 is 0.548 bits per heavy atom. The number of rotatable bonds is 6. The average Bonchev–Trinajstić information content (AvgIpc) is 3.66. The van der Waals surface area contributed by atoms with Crippen molar-refractivity contribution in [2.24, 2.45) is 53.3 Å². The summed E-state index contributed by atoms with van der Waals surface area (Å²) in [5, 5.41) is 0. The van der Waals surface area contributed by atoms with Gasteiger partial charge in [-0.15, -0.1) is 0 Å². The summed E-state index contributed by atoms with van der Waals surface area (Å²) in [4.78, 5) is 0. The molecule has 1 saturated heterocycles. The molecule has 226 valence electrons. The van der Waals surface area contributed by atoms with E-state index in [0.29, 0.717) is 16.2 Å². The zero-order valence-electron chi connectivity index (χ0n) is 26.3. The molecule has 42 heavy (non-hydrogen) atoms. The summed E-state index contributed by atoms with van der Waals surface area (Å²) in [6.45, 7) is 3.87. The summed E-state index contributed by atoms with van der Waals surface area (Å²) in [5.74, 6) is 10.2. The minimum atomic E-state index is -0.0574. The lowest BCUT2D eigenvalue weighted by atomic mass is 9.41. The molecule has 1 aromatic rings. The zero-order valence-corrected chi connectivity index (χ0v) is 26.3. The molecule has 12 aliphatic carbocycles. The van der Waals surface area contributed by atoms with Crippen LogP contribution in [0.1, 0.15) is 139 Å². The fourth-order valence-corrected chi connectivity index (χ4v) is 15.9. The van der Waals surface area contributed by atoms with E-state index < -0.39 is 0 Å². The fraction of sp³-hybridized carbons (Fsp3) is 0.850. The second-order valence-electron chi connectivity index (χ2n) is 19.5. The topological polar surface area (TPSA) is 21.8 Å². The molecule has 12 saturated carbocycles. The van der Waals surface area contributed by atoms with Gasteiger partial charge >= 0.3 is 0 Å². The zero-order chi connectivity index (χ0) is 27.5. The summed E-state index contributed by atoms with van der Waals surface area (Å²) in [5.41, 5.74) is 6.95. The van der Waals surface area contributed by atoms with Gasteiger partial charge in [-0.25, -0.2) is 0 Å². The molecule has 1 unspecified atom stereocenters. The van der Waals surface area contributed by atoms with Gasteiger partial charge in [0, 0.05) is 11.0 Å². The third-order valence-electron chi connectivity index (χ3n) is 16.1. The Balaban J connectivity index is 1.15. The lowest BCUT2D eigenvalue weighted by Gasteiger charge is -2.63. The summed E-state index contributed by atoms with van der Waals surface area (Å²) >= 11 is 0. The first-order valence-corrected chi connectivity index (χ1v) is 18.8. The number of hydrogen-bond acceptors (Lipinski definition) is 2.